The van der Waals surface area contributed by atoms with E-state index in [0.717, 1.165) is 0 Å². The lowest BCUT2D eigenvalue weighted by atomic mass is 10.0. The predicted octanol–water partition coefficient (Wildman–Crippen LogP) is -1.65. The minimum atomic E-state index is -1.34. The first-order valence-electron chi connectivity index (χ1n) is 11.3. The van der Waals surface area contributed by atoms with Crippen LogP contribution in [-0.4, -0.2) is 82.2 Å². The van der Waals surface area contributed by atoms with Crippen molar-refractivity contribution in [2.24, 2.45) is 0 Å². The Balaban J connectivity index is 2.61. The molecule has 0 spiro atoms. The number of nitriles is 1. The molecule has 0 aliphatic carbocycles. The number of aliphatic carboxylic acids is 1. The summed E-state index contributed by atoms with van der Waals surface area (Å²) in [5, 5.41) is 40.5. The van der Waals surface area contributed by atoms with Gasteiger partial charge in [0.05, 0.1) is 6.54 Å². The zero-order valence-electron chi connectivity index (χ0n) is 20.9. The number of benzene rings is 1. The number of phenolic OH excluding ortho intramolecular Hbond substituents is 1. The van der Waals surface area contributed by atoms with E-state index in [0.29, 0.717) is 17.3 Å². The molecular formula is C23H30N6O8S. The molecule has 1 aromatic carbocycles. The average molecular weight is 551 g/mol. The average Bonchev–Trinajstić information content (AvgIpc) is 2.85. The highest BCUT2D eigenvalue weighted by Crippen LogP contribution is 2.11. The van der Waals surface area contributed by atoms with Crippen LogP contribution in [0.15, 0.2) is 24.3 Å². The molecule has 14 nitrogen and oxygen atoms in total. The first-order chi connectivity index (χ1) is 17.8. The van der Waals surface area contributed by atoms with Gasteiger partial charge in [0.2, 0.25) is 29.5 Å². The van der Waals surface area contributed by atoms with E-state index in [-0.39, 0.29) is 17.9 Å². The summed E-state index contributed by atoms with van der Waals surface area (Å²) >= 11 is 0.650. The lowest BCUT2D eigenvalue weighted by Gasteiger charge is -2.22. The van der Waals surface area contributed by atoms with Crippen LogP contribution in [0.2, 0.25) is 0 Å². The van der Waals surface area contributed by atoms with E-state index in [4.69, 9.17) is 10.4 Å². The number of thiocyanates is 1. The van der Waals surface area contributed by atoms with Crippen LogP contribution in [0.3, 0.4) is 0 Å². The first kappa shape index (κ1) is 31.7. The fourth-order valence-corrected chi connectivity index (χ4v) is 3.43. The second kappa shape index (κ2) is 15.7. The van der Waals surface area contributed by atoms with Gasteiger partial charge < -0.3 is 36.8 Å². The van der Waals surface area contributed by atoms with Crippen molar-refractivity contribution in [3.8, 4) is 11.2 Å². The maximum Gasteiger partial charge on any atom is 0.327 e. The molecule has 0 aliphatic heterocycles. The Kier molecular flexibility index (Phi) is 13.1. The van der Waals surface area contributed by atoms with Crippen LogP contribution >= 0.6 is 11.8 Å². The van der Waals surface area contributed by atoms with E-state index in [1.807, 2.05) is 0 Å². The van der Waals surface area contributed by atoms with Gasteiger partial charge in [-0.05, 0) is 43.3 Å². The highest BCUT2D eigenvalue weighted by atomic mass is 32.2. The third-order valence-electron chi connectivity index (χ3n) is 4.95. The standard InChI is InChI=1S/C23H30N6O8S/c1-12(20(33)25-9-19(32)29-18(23(36)37)10-38-11-24)26-21(34)13(2)27-22(35)17(28-14(3)30)8-15-4-6-16(31)7-5-15/h4-7,12-13,17-18,31H,8-10H2,1-3H3,(H,25,33)(H,26,34)(H,27,35)(H,28,30)(H,29,32)(H,36,37)/t12-,13-,17-,18-/m0/s1. The minimum Gasteiger partial charge on any atom is -0.508 e. The number of carboxylic acid groups (broad SMARTS) is 1. The number of carboxylic acids is 1. The number of thioether (sulfide) groups is 1. The molecule has 38 heavy (non-hydrogen) atoms. The fraction of sp³-hybridized carbons (Fsp3) is 0.435. The topological polar surface area (TPSA) is 227 Å². The molecule has 7 N–H and O–H groups in total. The Morgan fingerprint density at radius 1 is 0.895 bits per heavy atom. The maximum atomic E-state index is 12.7. The van der Waals surface area contributed by atoms with Crippen LogP contribution in [0.1, 0.15) is 26.3 Å². The summed E-state index contributed by atoms with van der Waals surface area (Å²) in [5.41, 5.74) is 0.654. The normalized spacial score (nSPS) is 13.4. The molecule has 0 fully saturated rings. The number of nitrogens with one attached hydrogen (secondary N) is 5. The zero-order chi connectivity index (χ0) is 28.8. The van der Waals surface area contributed by atoms with Gasteiger partial charge >= 0.3 is 5.97 Å². The number of hydrogen-bond donors (Lipinski definition) is 7. The molecular weight excluding hydrogens is 520 g/mol. The Hall–Kier alpha value is -4.32. The van der Waals surface area contributed by atoms with Gasteiger partial charge in [0.15, 0.2) is 0 Å². The summed E-state index contributed by atoms with van der Waals surface area (Å²) in [6.07, 6.45) is 0.0961. The van der Waals surface area contributed by atoms with E-state index in [1.54, 1.807) is 17.5 Å². The Morgan fingerprint density at radius 2 is 1.47 bits per heavy atom. The summed E-state index contributed by atoms with van der Waals surface area (Å²) in [6.45, 7) is 3.39. The van der Waals surface area contributed by atoms with Crippen LogP contribution in [0.5, 0.6) is 5.75 Å². The molecule has 0 aliphatic rings. The van der Waals surface area contributed by atoms with Gasteiger partial charge in [-0.2, -0.15) is 5.26 Å². The van der Waals surface area contributed by atoms with E-state index < -0.39 is 66.2 Å². The van der Waals surface area contributed by atoms with Crippen LogP contribution in [0.4, 0.5) is 0 Å². The maximum absolute atomic E-state index is 12.7. The summed E-state index contributed by atoms with van der Waals surface area (Å²) in [7, 11) is 0. The zero-order valence-corrected chi connectivity index (χ0v) is 21.8. The Morgan fingerprint density at radius 3 is 2.03 bits per heavy atom. The van der Waals surface area contributed by atoms with Gasteiger partial charge in [0.25, 0.3) is 0 Å². The third kappa shape index (κ3) is 11.6. The van der Waals surface area contributed by atoms with Crippen molar-refractivity contribution in [3.63, 3.8) is 0 Å². The number of aromatic hydroxyl groups is 1. The van der Waals surface area contributed by atoms with Gasteiger partial charge in [-0.3, -0.25) is 24.0 Å². The van der Waals surface area contributed by atoms with Gasteiger partial charge in [0, 0.05) is 19.1 Å². The highest BCUT2D eigenvalue weighted by Gasteiger charge is 2.26. The molecule has 1 rings (SSSR count). The van der Waals surface area contributed by atoms with E-state index in [2.05, 4.69) is 26.6 Å². The smallest absolute Gasteiger partial charge is 0.327 e. The monoisotopic (exact) mass is 550 g/mol. The Labute approximate surface area is 222 Å². The van der Waals surface area contributed by atoms with E-state index >= 15 is 0 Å². The number of carbonyl (C=O) groups excluding carboxylic acids is 5. The van der Waals surface area contributed by atoms with E-state index in [1.165, 1.54) is 32.9 Å². The van der Waals surface area contributed by atoms with E-state index in [9.17, 15) is 33.9 Å². The third-order valence-corrected chi connectivity index (χ3v) is 5.57. The number of carbonyl (C=O) groups is 6. The van der Waals surface area contributed by atoms with Crippen molar-refractivity contribution in [3.05, 3.63) is 29.8 Å². The van der Waals surface area contributed by atoms with Crippen molar-refractivity contribution >= 4 is 47.3 Å². The minimum absolute atomic E-state index is 0.0394. The van der Waals surface area contributed by atoms with Gasteiger partial charge in [-0.1, -0.05) is 12.1 Å². The SMILES string of the molecule is CC(=O)N[C@@H](Cc1ccc(O)cc1)C(=O)N[C@@H](C)C(=O)N[C@@H](C)C(=O)NCC(=O)N[C@@H](CSC#N)C(=O)O. The van der Waals surface area contributed by atoms with Crippen molar-refractivity contribution in [2.75, 3.05) is 12.3 Å². The molecule has 4 atom stereocenters. The summed E-state index contributed by atoms with van der Waals surface area (Å²) < 4.78 is 0. The number of phenols is 1. The lowest BCUT2D eigenvalue weighted by molar-refractivity contribution is -0.141. The lowest BCUT2D eigenvalue weighted by Crippen LogP contribution is -2.56. The van der Waals surface area contributed by atoms with Crippen LogP contribution < -0.4 is 26.6 Å². The molecule has 0 heterocycles. The first-order valence-corrected chi connectivity index (χ1v) is 12.3. The summed E-state index contributed by atoms with van der Waals surface area (Å²) in [6, 6.07) is 1.51. The molecule has 5 amide bonds. The summed E-state index contributed by atoms with van der Waals surface area (Å²) in [4.78, 5) is 72.1. The second-order valence-corrected chi connectivity index (χ2v) is 8.97. The largest absolute Gasteiger partial charge is 0.508 e. The molecule has 1 aromatic rings. The highest BCUT2D eigenvalue weighted by molar-refractivity contribution is 8.03. The number of amides is 5. The fourth-order valence-electron chi connectivity index (χ4n) is 2.97. The van der Waals surface area contributed by atoms with Crippen molar-refractivity contribution < 1.29 is 39.0 Å². The van der Waals surface area contributed by atoms with Gasteiger partial charge in [-0.15, -0.1) is 0 Å². The predicted molar refractivity (Wildman–Crippen MR) is 135 cm³/mol. The quantitative estimate of drug-likeness (QED) is 0.131. The molecule has 15 heteroatoms. The van der Waals surface area contributed by atoms with Crippen molar-refractivity contribution in [1.29, 1.82) is 5.26 Å². The number of nitrogens with zero attached hydrogens (tertiary/aromatic N) is 1. The van der Waals surface area contributed by atoms with Crippen LogP contribution in [-0.2, 0) is 35.2 Å². The van der Waals surface area contributed by atoms with Crippen molar-refractivity contribution in [1.82, 2.24) is 26.6 Å². The summed E-state index contributed by atoms with van der Waals surface area (Å²) in [5.74, 6) is -4.85. The molecule has 0 bridgehead atoms. The molecule has 0 saturated heterocycles. The van der Waals surface area contributed by atoms with Crippen LogP contribution in [0, 0.1) is 10.7 Å². The van der Waals surface area contributed by atoms with Crippen LogP contribution in [0.25, 0.3) is 0 Å². The number of hydrogen-bond acceptors (Lipinski definition) is 9. The molecule has 206 valence electrons. The van der Waals surface area contributed by atoms with Gasteiger partial charge in [-0.25, -0.2) is 4.79 Å². The molecule has 0 saturated carbocycles. The number of rotatable bonds is 14. The molecule has 0 unspecified atom stereocenters. The van der Waals surface area contributed by atoms with Crippen molar-refractivity contribution in [2.45, 2.75) is 51.4 Å². The molecule has 0 radical (unpaired) electrons. The Bertz CT molecular complexity index is 1070. The second-order valence-electron chi connectivity index (χ2n) is 8.16. The van der Waals surface area contributed by atoms with Gasteiger partial charge in [0.1, 0.15) is 35.3 Å². The molecule has 0 aromatic heterocycles.